The van der Waals surface area contributed by atoms with Crippen molar-refractivity contribution < 1.29 is 0 Å². The van der Waals surface area contributed by atoms with Crippen LogP contribution in [0.1, 0.15) is 5.56 Å². The Hall–Kier alpha value is -1.95. The Balaban J connectivity index is 2.03. The summed E-state index contributed by atoms with van der Waals surface area (Å²) in [6.45, 7) is 0. The lowest BCUT2D eigenvalue weighted by Crippen LogP contribution is -1.92. The zero-order valence-corrected chi connectivity index (χ0v) is 8.31. The number of halogens is 1. The van der Waals surface area contributed by atoms with Gasteiger partial charge < -0.3 is 0 Å². The normalized spacial score (nSPS) is 10.7. The summed E-state index contributed by atoms with van der Waals surface area (Å²) in [5.74, 6) is 0.304. The monoisotopic (exact) mass is 222 g/mol. The zero-order chi connectivity index (χ0) is 10.5. The maximum atomic E-state index is 5.92. The molecule has 0 saturated carbocycles. The molecule has 2 N–H and O–H groups in total. The Morgan fingerprint density at radius 3 is 3.00 bits per heavy atom. The number of aromatic nitrogens is 4. The minimum absolute atomic E-state index is 0.304. The fourth-order valence-electron chi connectivity index (χ4n) is 0.949. The van der Waals surface area contributed by atoms with Gasteiger partial charge >= 0.3 is 0 Å². The lowest BCUT2D eigenvalue weighted by atomic mass is 10.2. The van der Waals surface area contributed by atoms with Gasteiger partial charge in [0.2, 0.25) is 0 Å². The molecule has 1 aromatic carbocycles. The number of hydrazone groups is 1. The van der Waals surface area contributed by atoms with Crippen molar-refractivity contribution in [2.45, 2.75) is 0 Å². The molecular formula is C8H7ClN6. The van der Waals surface area contributed by atoms with E-state index >= 15 is 0 Å². The summed E-state index contributed by atoms with van der Waals surface area (Å²) < 4.78 is 0. The van der Waals surface area contributed by atoms with E-state index in [0.29, 0.717) is 11.0 Å². The van der Waals surface area contributed by atoms with Gasteiger partial charge in [-0.3, -0.25) is 0 Å². The molecule has 6 nitrogen and oxygen atoms in total. The third-order valence-corrected chi connectivity index (χ3v) is 1.96. The van der Waals surface area contributed by atoms with Crippen molar-refractivity contribution in [3.05, 3.63) is 34.9 Å². The molecule has 0 spiro atoms. The number of tetrazole rings is 1. The number of rotatable bonds is 3. The molecule has 0 fully saturated rings. The van der Waals surface area contributed by atoms with Gasteiger partial charge in [-0.25, -0.2) is 5.43 Å². The standard InChI is InChI=1S/C8H7ClN6/c9-7-4-2-1-3-6(7)5-10-11-8-12-14-15-13-8/h1-5H,(H2,11,12,13,14,15)/b10-5+. The van der Waals surface area contributed by atoms with E-state index in [-0.39, 0.29) is 0 Å². The molecule has 1 aromatic heterocycles. The van der Waals surface area contributed by atoms with Crippen LogP contribution >= 0.6 is 11.6 Å². The van der Waals surface area contributed by atoms with Gasteiger partial charge in [-0.2, -0.15) is 10.3 Å². The Morgan fingerprint density at radius 1 is 1.40 bits per heavy atom. The predicted molar refractivity (Wildman–Crippen MR) is 56.8 cm³/mol. The zero-order valence-electron chi connectivity index (χ0n) is 7.55. The average Bonchev–Trinajstić information content (AvgIpc) is 2.74. The second-order valence-corrected chi connectivity index (χ2v) is 3.03. The fourth-order valence-corrected chi connectivity index (χ4v) is 1.13. The Bertz CT molecular complexity index is 452. The van der Waals surface area contributed by atoms with E-state index in [1.54, 1.807) is 12.3 Å². The largest absolute Gasteiger partial charge is 0.283 e. The van der Waals surface area contributed by atoms with Crippen LogP contribution in [-0.2, 0) is 0 Å². The molecule has 0 radical (unpaired) electrons. The SMILES string of the molecule is Clc1ccccc1/C=N/Nc1nn[nH]n1. The van der Waals surface area contributed by atoms with Crippen molar-refractivity contribution >= 4 is 23.8 Å². The predicted octanol–water partition coefficient (Wildman–Crippen LogP) is 1.30. The molecule has 0 aliphatic rings. The molecule has 7 heteroatoms. The van der Waals surface area contributed by atoms with Crippen molar-refractivity contribution in [3.63, 3.8) is 0 Å². The maximum Gasteiger partial charge on any atom is 0.283 e. The molecule has 76 valence electrons. The molecule has 0 saturated heterocycles. The van der Waals surface area contributed by atoms with Crippen molar-refractivity contribution in [3.8, 4) is 0 Å². The second kappa shape index (κ2) is 4.52. The van der Waals surface area contributed by atoms with E-state index in [1.165, 1.54) is 0 Å². The molecule has 0 aliphatic heterocycles. The van der Waals surface area contributed by atoms with E-state index < -0.39 is 0 Å². The highest BCUT2D eigenvalue weighted by Crippen LogP contribution is 2.12. The van der Waals surface area contributed by atoms with Crippen LogP contribution in [0.15, 0.2) is 29.4 Å². The van der Waals surface area contributed by atoms with Crippen molar-refractivity contribution in [1.29, 1.82) is 0 Å². The molecule has 0 aliphatic carbocycles. The van der Waals surface area contributed by atoms with Crippen molar-refractivity contribution in [2.24, 2.45) is 5.10 Å². The minimum atomic E-state index is 0.304. The van der Waals surface area contributed by atoms with Gasteiger partial charge in [-0.15, -0.1) is 5.10 Å². The number of aromatic amines is 1. The molecule has 1 heterocycles. The second-order valence-electron chi connectivity index (χ2n) is 2.63. The van der Waals surface area contributed by atoms with Gasteiger partial charge in [0.1, 0.15) is 0 Å². The lowest BCUT2D eigenvalue weighted by molar-refractivity contribution is 0.881. The van der Waals surface area contributed by atoms with E-state index in [0.717, 1.165) is 5.56 Å². The first kappa shape index (κ1) is 9.60. The molecule has 2 rings (SSSR count). The van der Waals surface area contributed by atoms with Crippen LogP contribution in [0.4, 0.5) is 5.95 Å². The van der Waals surface area contributed by atoms with Crippen LogP contribution in [0.3, 0.4) is 0 Å². The maximum absolute atomic E-state index is 5.92. The first-order valence-corrected chi connectivity index (χ1v) is 4.51. The highest BCUT2D eigenvalue weighted by atomic mass is 35.5. The summed E-state index contributed by atoms with van der Waals surface area (Å²) in [5.41, 5.74) is 3.41. The molecule has 2 aromatic rings. The third kappa shape index (κ3) is 2.50. The molecule has 15 heavy (non-hydrogen) atoms. The van der Waals surface area contributed by atoms with Gasteiger partial charge in [0, 0.05) is 10.6 Å². The van der Waals surface area contributed by atoms with Gasteiger partial charge in [0.05, 0.1) is 6.21 Å². The smallest absolute Gasteiger partial charge is 0.243 e. The lowest BCUT2D eigenvalue weighted by Gasteiger charge is -1.95. The van der Waals surface area contributed by atoms with Gasteiger partial charge in [0.15, 0.2) is 0 Å². The fraction of sp³-hybridized carbons (Fsp3) is 0. The summed E-state index contributed by atoms with van der Waals surface area (Å²) >= 11 is 5.92. The number of nitrogens with one attached hydrogen (secondary N) is 2. The minimum Gasteiger partial charge on any atom is -0.243 e. The topological polar surface area (TPSA) is 78.9 Å². The van der Waals surface area contributed by atoms with Gasteiger partial charge in [0.25, 0.3) is 5.95 Å². The van der Waals surface area contributed by atoms with Crippen molar-refractivity contribution in [2.75, 3.05) is 5.43 Å². The Kier molecular flexibility index (Phi) is 2.89. The first-order valence-electron chi connectivity index (χ1n) is 4.13. The quantitative estimate of drug-likeness (QED) is 0.606. The number of hydrogen-bond acceptors (Lipinski definition) is 5. The average molecular weight is 223 g/mol. The summed E-state index contributed by atoms with van der Waals surface area (Å²) in [6, 6.07) is 7.37. The summed E-state index contributed by atoms with van der Waals surface area (Å²) in [6.07, 6.45) is 1.58. The van der Waals surface area contributed by atoms with Crippen LogP contribution in [0.2, 0.25) is 5.02 Å². The van der Waals surface area contributed by atoms with E-state index in [1.807, 2.05) is 18.2 Å². The third-order valence-electron chi connectivity index (χ3n) is 1.62. The molecule has 0 bridgehead atoms. The Morgan fingerprint density at radius 2 is 2.27 bits per heavy atom. The molecule has 0 amide bonds. The van der Waals surface area contributed by atoms with Gasteiger partial charge in [-0.05, 0) is 11.3 Å². The number of benzene rings is 1. The van der Waals surface area contributed by atoms with E-state index in [9.17, 15) is 0 Å². The van der Waals surface area contributed by atoms with Crippen LogP contribution in [0, 0.1) is 0 Å². The molecule has 0 unspecified atom stereocenters. The first-order chi connectivity index (χ1) is 7.36. The number of hydrogen-bond donors (Lipinski definition) is 2. The molecule has 0 atom stereocenters. The van der Waals surface area contributed by atoms with Crippen LogP contribution in [0.25, 0.3) is 0 Å². The highest BCUT2D eigenvalue weighted by molar-refractivity contribution is 6.33. The van der Waals surface area contributed by atoms with Crippen LogP contribution < -0.4 is 5.43 Å². The number of anilines is 1. The highest BCUT2D eigenvalue weighted by Gasteiger charge is 1.95. The van der Waals surface area contributed by atoms with Gasteiger partial charge in [-0.1, -0.05) is 34.9 Å². The van der Waals surface area contributed by atoms with E-state index in [2.05, 4.69) is 31.2 Å². The van der Waals surface area contributed by atoms with Crippen molar-refractivity contribution in [1.82, 2.24) is 20.6 Å². The summed E-state index contributed by atoms with van der Waals surface area (Å²) in [5, 5.41) is 17.5. The van der Waals surface area contributed by atoms with Crippen LogP contribution in [-0.4, -0.2) is 26.8 Å². The molecular weight excluding hydrogens is 216 g/mol. The van der Waals surface area contributed by atoms with Crippen LogP contribution in [0.5, 0.6) is 0 Å². The number of nitrogens with zero attached hydrogens (tertiary/aromatic N) is 4. The van der Waals surface area contributed by atoms with E-state index in [4.69, 9.17) is 11.6 Å². The summed E-state index contributed by atoms with van der Waals surface area (Å²) in [7, 11) is 0. The number of H-pyrrole nitrogens is 1. The Labute approximate surface area is 90.3 Å². The summed E-state index contributed by atoms with van der Waals surface area (Å²) in [4.78, 5) is 0.